The summed E-state index contributed by atoms with van der Waals surface area (Å²) < 4.78 is 8.41. The number of aromatic nitrogens is 3. The van der Waals surface area contributed by atoms with Crippen LogP contribution < -0.4 is 11.4 Å². The number of para-hydroxylation sites is 1. The first kappa shape index (κ1) is 11.7. The van der Waals surface area contributed by atoms with Gasteiger partial charge < -0.3 is 10.2 Å². The van der Waals surface area contributed by atoms with Gasteiger partial charge in [-0.1, -0.05) is 18.2 Å². The average molecular weight is 258 g/mol. The summed E-state index contributed by atoms with van der Waals surface area (Å²) in [7, 11) is 1.65. The zero-order valence-electron chi connectivity index (χ0n) is 10.5. The third-order valence-corrected chi connectivity index (χ3v) is 3.07. The molecule has 0 aliphatic carbocycles. The molecule has 3 aromatic rings. The van der Waals surface area contributed by atoms with E-state index in [2.05, 4.69) is 5.10 Å². The summed E-state index contributed by atoms with van der Waals surface area (Å²) in [6, 6.07) is 9.19. The first-order valence-electron chi connectivity index (χ1n) is 5.97. The monoisotopic (exact) mass is 258 g/mol. The van der Waals surface area contributed by atoms with Crippen LogP contribution in [0.1, 0.15) is 11.8 Å². The van der Waals surface area contributed by atoms with Gasteiger partial charge in [0.15, 0.2) is 0 Å². The van der Waals surface area contributed by atoms with Gasteiger partial charge in [-0.3, -0.25) is 4.57 Å². The molecule has 2 N–H and O–H groups in total. The molecule has 1 unspecified atom stereocenters. The number of hydrogen-bond acceptors (Lipinski definition) is 4. The number of hydrogen-bond donors (Lipinski definition) is 1. The summed E-state index contributed by atoms with van der Waals surface area (Å²) >= 11 is 0. The van der Waals surface area contributed by atoms with E-state index in [-0.39, 0.29) is 5.69 Å². The van der Waals surface area contributed by atoms with Crippen LogP contribution in [0.4, 0.5) is 0 Å². The lowest BCUT2D eigenvalue weighted by atomic mass is 10.2. The van der Waals surface area contributed by atoms with E-state index in [1.807, 2.05) is 30.3 Å². The molecule has 1 atom stereocenters. The van der Waals surface area contributed by atoms with Gasteiger partial charge in [-0.05, 0) is 12.1 Å². The van der Waals surface area contributed by atoms with Crippen molar-refractivity contribution in [3.05, 3.63) is 52.9 Å². The Morgan fingerprint density at radius 2 is 2.21 bits per heavy atom. The number of nitrogens with zero attached hydrogens (tertiary/aromatic N) is 3. The topological polar surface area (TPSA) is 79.0 Å². The molecule has 0 bridgehead atoms. The van der Waals surface area contributed by atoms with Crippen LogP contribution >= 0.6 is 0 Å². The van der Waals surface area contributed by atoms with Crippen LogP contribution in [0, 0.1) is 0 Å². The van der Waals surface area contributed by atoms with Crippen LogP contribution in [0.3, 0.4) is 0 Å². The maximum atomic E-state index is 11.7. The molecule has 6 heteroatoms. The van der Waals surface area contributed by atoms with Crippen molar-refractivity contribution >= 4 is 11.0 Å². The van der Waals surface area contributed by atoms with Crippen molar-refractivity contribution in [2.75, 3.05) is 0 Å². The Bertz CT molecular complexity index is 735. The fraction of sp³-hybridized carbons (Fsp3) is 0.231. The Kier molecular flexibility index (Phi) is 2.72. The normalized spacial score (nSPS) is 12.9. The van der Waals surface area contributed by atoms with E-state index in [4.69, 9.17) is 10.2 Å². The van der Waals surface area contributed by atoms with Crippen LogP contribution in [0.25, 0.3) is 11.0 Å². The molecular weight excluding hydrogens is 244 g/mol. The van der Waals surface area contributed by atoms with E-state index < -0.39 is 6.04 Å². The quantitative estimate of drug-likeness (QED) is 0.761. The van der Waals surface area contributed by atoms with Crippen molar-refractivity contribution in [1.82, 2.24) is 14.3 Å². The van der Waals surface area contributed by atoms with Crippen molar-refractivity contribution in [3.8, 4) is 0 Å². The molecule has 0 saturated heterocycles. The van der Waals surface area contributed by atoms with Crippen molar-refractivity contribution in [2.45, 2.75) is 12.6 Å². The van der Waals surface area contributed by atoms with E-state index >= 15 is 0 Å². The number of benzene rings is 1. The highest BCUT2D eigenvalue weighted by atomic mass is 16.3. The molecule has 3 rings (SSSR count). The molecule has 6 nitrogen and oxygen atoms in total. The number of fused-ring (bicyclic) bond motifs is 1. The van der Waals surface area contributed by atoms with Gasteiger partial charge in [0.25, 0.3) is 0 Å². The van der Waals surface area contributed by atoms with Crippen LogP contribution in [-0.2, 0) is 13.6 Å². The minimum Gasteiger partial charge on any atom is -0.459 e. The van der Waals surface area contributed by atoms with Gasteiger partial charge in [0, 0.05) is 12.4 Å². The van der Waals surface area contributed by atoms with E-state index in [1.165, 1.54) is 15.6 Å². The molecule has 0 aliphatic rings. The summed E-state index contributed by atoms with van der Waals surface area (Å²) in [5.74, 6) is 0.652. The van der Waals surface area contributed by atoms with Crippen molar-refractivity contribution in [1.29, 1.82) is 0 Å². The van der Waals surface area contributed by atoms with Gasteiger partial charge in [-0.2, -0.15) is 5.10 Å². The second-order valence-corrected chi connectivity index (χ2v) is 4.50. The predicted octanol–water partition coefficient (Wildman–Crippen LogP) is 1.03. The molecule has 0 radical (unpaired) electrons. The summed E-state index contributed by atoms with van der Waals surface area (Å²) in [5.41, 5.74) is 6.67. The maximum Gasteiger partial charge on any atom is 0.345 e. The van der Waals surface area contributed by atoms with Crippen LogP contribution in [0.2, 0.25) is 0 Å². The van der Waals surface area contributed by atoms with Gasteiger partial charge in [-0.15, -0.1) is 0 Å². The van der Waals surface area contributed by atoms with Crippen LogP contribution in [-0.4, -0.2) is 14.3 Å². The highest BCUT2D eigenvalue weighted by Gasteiger charge is 2.14. The first-order chi connectivity index (χ1) is 9.15. The average Bonchev–Trinajstić information content (AvgIpc) is 2.97. The summed E-state index contributed by atoms with van der Waals surface area (Å²) in [5, 5.41) is 4.98. The zero-order chi connectivity index (χ0) is 13.4. The summed E-state index contributed by atoms with van der Waals surface area (Å²) in [4.78, 5) is 11.7. The molecule has 0 amide bonds. The zero-order valence-corrected chi connectivity index (χ0v) is 10.5. The smallest absolute Gasteiger partial charge is 0.345 e. The number of furan rings is 1. The predicted molar refractivity (Wildman–Crippen MR) is 70.6 cm³/mol. The number of rotatable bonds is 3. The summed E-state index contributed by atoms with van der Waals surface area (Å²) in [6.07, 6.45) is 1.47. The third-order valence-electron chi connectivity index (χ3n) is 3.07. The maximum absolute atomic E-state index is 11.7. The Balaban J connectivity index is 1.89. The van der Waals surface area contributed by atoms with Gasteiger partial charge >= 0.3 is 5.69 Å². The molecular formula is C13H14N4O2. The van der Waals surface area contributed by atoms with Crippen molar-refractivity contribution < 1.29 is 4.42 Å². The molecule has 19 heavy (non-hydrogen) atoms. The second kappa shape index (κ2) is 4.40. The largest absolute Gasteiger partial charge is 0.459 e. The second-order valence-electron chi connectivity index (χ2n) is 4.50. The van der Waals surface area contributed by atoms with Gasteiger partial charge in [0.05, 0.1) is 12.6 Å². The van der Waals surface area contributed by atoms with E-state index in [0.717, 1.165) is 11.0 Å². The fourth-order valence-corrected chi connectivity index (χ4v) is 2.01. The summed E-state index contributed by atoms with van der Waals surface area (Å²) in [6.45, 7) is 0.291. The van der Waals surface area contributed by atoms with Gasteiger partial charge in [0.2, 0.25) is 0 Å². The molecule has 2 aromatic heterocycles. The minimum absolute atomic E-state index is 0.188. The molecule has 1 aromatic carbocycles. The Morgan fingerprint density at radius 1 is 1.42 bits per heavy atom. The Hall–Kier alpha value is -2.34. The molecule has 0 fully saturated rings. The third kappa shape index (κ3) is 2.06. The Labute approximate surface area is 109 Å². The first-order valence-corrected chi connectivity index (χ1v) is 5.97. The minimum atomic E-state index is -0.403. The van der Waals surface area contributed by atoms with Crippen molar-refractivity contribution in [2.24, 2.45) is 12.8 Å². The molecule has 2 heterocycles. The lowest BCUT2D eigenvalue weighted by molar-refractivity contribution is 0.431. The van der Waals surface area contributed by atoms with Gasteiger partial charge in [-0.25, -0.2) is 9.48 Å². The lowest BCUT2D eigenvalue weighted by Crippen LogP contribution is -2.28. The SMILES string of the molecule is Cn1cnn(CC(N)c2cc3ccccc3o2)c1=O. The van der Waals surface area contributed by atoms with Gasteiger partial charge in [0.1, 0.15) is 17.7 Å². The van der Waals surface area contributed by atoms with E-state index in [1.54, 1.807) is 7.05 Å². The fourth-order valence-electron chi connectivity index (χ4n) is 2.01. The standard InChI is InChI=1S/C13H14N4O2/c1-16-8-15-17(13(16)18)7-10(14)12-6-9-4-2-3-5-11(9)19-12/h2-6,8,10H,7,14H2,1H3. The molecule has 0 saturated carbocycles. The van der Waals surface area contributed by atoms with Crippen LogP contribution in [0.5, 0.6) is 0 Å². The lowest BCUT2D eigenvalue weighted by Gasteiger charge is -2.07. The number of aryl methyl sites for hydroxylation is 1. The molecule has 0 spiro atoms. The Morgan fingerprint density at radius 3 is 2.89 bits per heavy atom. The highest BCUT2D eigenvalue weighted by molar-refractivity contribution is 5.77. The molecule has 98 valence electrons. The van der Waals surface area contributed by atoms with Crippen LogP contribution in [0.15, 0.2) is 45.9 Å². The molecule has 0 aliphatic heterocycles. The van der Waals surface area contributed by atoms with E-state index in [9.17, 15) is 4.79 Å². The number of nitrogens with two attached hydrogens (primary N) is 1. The van der Waals surface area contributed by atoms with Crippen molar-refractivity contribution in [3.63, 3.8) is 0 Å². The highest BCUT2D eigenvalue weighted by Crippen LogP contribution is 2.23. The van der Waals surface area contributed by atoms with E-state index in [0.29, 0.717) is 12.3 Å².